The Hall–Kier alpha value is -0.860. The molecule has 2 heteroatoms. The van der Waals surface area contributed by atoms with E-state index >= 15 is 0 Å². The van der Waals surface area contributed by atoms with Crippen LogP contribution in [0.25, 0.3) is 0 Å². The van der Waals surface area contributed by atoms with Crippen molar-refractivity contribution in [1.82, 2.24) is 4.90 Å². The fraction of sp³-hybridized carbons (Fsp3) is 0.647. The van der Waals surface area contributed by atoms with Crippen LogP contribution in [0, 0.1) is 5.92 Å². The largest absolute Gasteiger partial charge is 0.387 e. The van der Waals surface area contributed by atoms with E-state index in [0.717, 1.165) is 37.4 Å². The van der Waals surface area contributed by atoms with E-state index in [9.17, 15) is 5.11 Å². The van der Waals surface area contributed by atoms with Crippen molar-refractivity contribution in [3.05, 3.63) is 35.4 Å². The zero-order valence-corrected chi connectivity index (χ0v) is 11.9. The number of aryl methyl sites for hydroxylation is 1. The Morgan fingerprint density at radius 1 is 1.11 bits per heavy atom. The van der Waals surface area contributed by atoms with Gasteiger partial charge in [-0.05, 0) is 62.2 Å². The number of hydrogen-bond donors (Lipinski definition) is 1. The van der Waals surface area contributed by atoms with Gasteiger partial charge in [-0.1, -0.05) is 31.2 Å². The number of fused-ring (bicyclic) bond motifs is 1. The maximum Gasteiger partial charge on any atom is 0.0947 e. The second kappa shape index (κ2) is 5.64. The average molecular weight is 259 g/mol. The molecule has 2 nitrogen and oxygen atoms in total. The van der Waals surface area contributed by atoms with E-state index in [2.05, 4.69) is 36.1 Å². The van der Waals surface area contributed by atoms with Crippen LogP contribution in [0.4, 0.5) is 0 Å². The Morgan fingerprint density at radius 2 is 1.95 bits per heavy atom. The molecule has 1 aliphatic heterocycles. The standard InChI is InChI=1S/C17H25NO/c1-13-5-4-11-18(12-10-13)16-9-8-14-6-2-3-7-15(14)17(16)19/h2-3,6-7,13,16-17,19H,4-5,8-12H2,1H3. The van der Waals surface area contributed by atoms with Crippen molar-refractivity contribution in [3.63, 3.8) is 0 Å². The summed E-state index contributed by atoms with van der Waals surface area (Å²) >= 11 is 0. The van der Waals surface area contributed by atoms with Crippen LogP contribution in [0.1, 0.15) is 49.8 Å². The normalized spacial score (nSPS) is 32.6. The molecule has 1 aliphatic carbocycles. The summed E-state index contributed by atoms with van der Waals surface area (Å²) in [6.07, 6.45) is 5.84. The van der Waals surface area contributed by atoms with Gasteiger partial charge in [0.1, 0.15) is 0 Å². The van der Waals surface area contributed by atoms with Gasteiger partial charge in [0, 0.05) is 6.04 Å². The zero-order chi connectivity index (χ0) is 13.2. The molecule has 0 aromatic heterocycles. The maximum atomic E-state index is 10.7. The number of aliphatic hydroxyl groups excluding tert-OH is 1. The van der Waals surface area contributed by atoms with Gasteiger partial charge < -0.3 is 5.11 Å². The van der Waals surface area contributed by atoms with E-state index in [1.54, 1.807) is 0 Å². The molecule has 3 atom stereocenters. The molecule has 0 spiro atoms. The second-order valence-electron chi connectivity index (χ2n) is 6.32. The molecule has 1 N–H and O–H groups in total. The highest BCUT2D eigenvalue weighted by atomic mass is 16.3. The minimum atomic E-state index is -0.293. The van der Waals surface area contributed by atoms with E-state index < -0.39 is 0 Å². The number of aliphatic hydroxyl groups is 1. The van der Waals surface area contributed by atoms with Gasteiger partial charge in [-0.15, -0.1) is 0 Å². The molecule has 1 fully saturated rings. The molecular weight excluding hydrogens is 234 g/mol. The topological polar surface area (TPSA) is 23.5 Å². The molecule has 0 saturated carbocycles. The molecule has 0 bridgehead atoms. The van der Waals surface area contributed by atoms with Crippen LogP contribution in [-0.2, 0) is 6.42 Å². The molecule has 0 amide bonds. The van der Waals surface area contributed by atoms with E-state index in [1.807, 2.05) is 0 Å². The lowest BCUT2D eigenvalue weighted by atomic mass is 9.85. The molecule has 2 aliphatic rings. The molecule has 1 heterocycles. The summed E-state index contributed by atoms with van der Waals surface area (Å²) in [4.78, 5) is 2.55. The Kier molecular flexibility index (Phi) is 3.90. The molecule has 3 rings (SSSR count). The van der Waals surface area contributed by atoms with Gasteiger partial charge in [0.25, 0.3) is 0 Å². The molecule has 1 saturated heterocycles. The van der Waals surface area contributed by atoms with E-state index in [-0.39, 0.29) is 6.10 Å². The molecule has 3 unspecified atom stereocenters. The third kappa shape index (κ3) is 2.70. The van der Waals surface area contributed by atoms with Gasteiger partial charge >= 0.3 is 0 Å². The Morgan fingerprint density at radius 3 is 2.84 bits per heavy atom. The smallest absolute Gasteiger partial charge is 0.0947 e. The van der Waals surface area contributed by atoms with E-state index in [1.165, 1.54) is 24.8 Å². The fourth-order valence-electron chi connectivity index (χ4n) is 3.72. The van der Waals surface area contributed by atoms with Crippen LogP contribution in [0.3, 0.4) is 0 Å². The van der Waals surface area contributed by atoms with Crippen molar-refractivity contribution in [2.24, 2.45) is 5.92 Å². The van der Waals surface area contributed by atoms with Crippen molar-refractivity contribution in [2.75, 3.05) is 13.1 Å². The van der Waals surface area contributed by atoms with Gasteiger partial charge in [-0.3, -0.25) is 4.90 Å². The van der Waals surface area contributed by atoms with Crippen molar-refractivity contribution < 1.29 is 5.11 Å². The van der Waals surface area contributed by atoms with Gasteiger partial charge in [0.15, 0.2) is 0 Å². The molecule has 1 aromatic carbocycles. The highest BCUT2D eigenvalue weighted by molar-refractivity contribution is 5.32. The van der Waals surface area contributed by atoms with E-state index in [4.69, 9.17) is 0 Å². The quantitative estimate of drug-likeness (QED) is 0.837. The third-order valence-corrected chi connectivity index (χ3v) is 4.97. The first kappa shape index (κ1) is 13.1. The lowest BCUT2D eigenvalue weighted by molar-refractivity contribution is 0.0372. The fourth-order valence-corrected chi connectivity index (χ4v) is 3.72. The molecule has 104 valence electrons. The zero-order valence-electron chi connectivity index (χ0n) is 11.9. The van der Waals surface area contributed by atoms with Gasteiger partial charge in [-0.25, -0.2) is 0 Å². The van der Waals surface area contributed by atoms with Crippen LogP contribution >= 0.6 is 0 Å². The number of rotatable bonds is 1. The summed E-state index contributed by atoms with van der Waals surface area (Å²) in [6, 6.07) is 8.74. The van der Waals surface area contributed by atoms with Crippen LogP contribution in [0.5, 0.6) is 0 Å². The summed E-state index contributed by atoms with van der Waals surface area (Å²) in [5.41, 5.74) is 2.51. The highest BCUT2D eigenvalue weighted by Gasteiger charge is 2.32. The number of benzene rings is 1. The van der Waals surface area contributed by atoms with Gasteiger partial charge in [0.05, 0.1) is 6.10 Å². The minimum absolute atomic E-state index is 0.293. The predicted octanol–water partition coefficient (Wildman–Crippen LogP) is 3.16. The second-order valence-corrected chi connectivity index (χ2v) is 6.32. The SMILES string of the molecule is CC1CCCN(C2CCc3ccccc3C2O)CC1. The van der Waals surface area contributed by atoms with Crippen LogP contribution in [0.2, 0.25) is 0 Å². The van der Waals surface area contributed by atoms with E-state index in [0.29, 0.717) is 6.04 Å². The first-order chi connectivity index (χ1) is 9.25. The molecular formula is C17H25NO. The summed E-state index contributed by atoms with van der Waals surface area (Å²) in [6.45, 7) is 4.68. The summed E-state index contributed by atoms with van der Waals surface area (Å²) in [5.74, 6) is 0.845. The highest BCUT2D eigenvalue weighted by Crippen LogP contribution is 2.34. The molecule has 0 radical (unpaired) electrons. The summed E-state index contributed by atoms with van der Waals surface area (Å²) in [7, 11) is 0. The Balaban J connectivity index is 1.76. The number of nitrogens with zero attached hydrogens (tertiary/aromatic N) is 1. The first-order valence-corrected chi connectivity index (χ1v) is 7.75. The summed E-state index contributed by atoms with van der Waals surface area (Å²) < 4.78 is 0. The number of hydrogen-bond acceptors (Lipinski definition) is 2. The van der Waals surface area contributed by atoms with Crippen molar-refractivity contribution in [3.8, 4) is 0 Å². The Bertz CT molecular complexity index is 431. The van der Waals surface area contributed by atoms with Crippen molar-refractivity contribution in [1.29, 1.82) is 0 Å². The third-order valence-electron chi connectivity index (χ3n) is 4.97. The monoisotopic (exact) mass is 259 g/mol. The summed E-state index contributed by atoms with van der Waals surface area (Å²) in [5, 5.41) is 10.7. The van der Waals surface area contributed by atoms with Gasteiger partial charge in [0.2, 0.25) is 0 Å². The predicted molar refractivity (Wildman–Crippen MR) is 78.1 cm³/mol. The van der Waals surface area contributed by atoms with Gasteiger partial charge in [-0.2, -0.15) is 0 Å². The lowest BCUT2D eigenvalue weighted by Crippen LogP contribution is -2.42. The van der Waals surface area contributed by atoms with Crippen molar-refractivity contribution in [2.45, 2.75) is 51.2 Å². The Labute approximate surface area is 116 Å². The maximum absolute atomic E-state index is 10.7. The molecule has 19 heavy (non-hydrogen) atoms. The minimum Gasteiger partial charge on any atom is -0.387 e. The van der Waals surface area contributed by atoms with Crippen LogP contribution in [0.15, 0.2) is 24.3 Å². The average Bonchev–Trinajstić information content (AvgIpc) is 2.65. The molecule has 1 aromatic rings. The van der Waals surface area contributed by atoms with Crippen LogP contribution in [-0.4, -0.2) is 29.1 Å². The van der Waals surface area contributed by atoms with Crippen LogP contribution < -0.4 is 0 Å². The first-order valence-electron chi connectivity index (χ1n) is 7.75. The lowest BCUT2D eigenvalue weighted by Gasteiger charge is -2.38. The van der Waals surface area contributed by atoms with Crippen molar-refractivity contribution >= 4 is 0 Å². The number of likely N-dealkylation sites (tertiary alicyclic amines) is 1.